The van der Waals surface area contributed by atoms with Crippen LogP contribution in [-0.2, 0) is 11.3 Å². The highest BCUT2D eigenvalue weighted by atomic mass is 19.4. The number of rotatable bonds is 7. The topological polar surface area (TPSA) is 89.7 Å². The van der Waals surface area contributed by atoms with Crippen molar-refractivity contribution in [1.29, 1.82) is 0 Å². The van der Waals surface area contributed by atoms with E-state index >= 15 is 0 Å². The maximum Gasteiger partial charge on any atom is 0.389 e. The number of ether oxygens (including phenoxy) is 1. The summed E-state index contributed by atoms with van der Waals surface area (Å²) in [5.74, 6) is -1.49. The summed E-state index contributed by atoms with van der Waals surface area (Å²) in [5.41, 5.74) is -1.05. The summed E-state index contributed by atoms with van der Waals surface area (Å²) in [6, 6.07) is 3.65. The number of halogens is 3. The molecule has 9 heteroatoms. The molecule has 0 aliphatic carbocycles. The Kier molecular flexibility index (Phi) is 5.65. The van der Waals surface area contributed by atoms with Crippen molar-refractivity contribution in [1.82, 2.24) is 0 Å². The molecule has 0 bridgehead atoms. The Balaban J connectivity index is 2.69. The lowest BCUT2D eigenvalue weighted by Gasteiger charge is -2.09. The van der Waals surface area contributed by atoms with Gasteiger partial charge in [0.05, 0.1) is 11.5 Å². The van der Waals surface area contributed by atoms with Crippen molar-refractivity contribution >= 4 is 11.7 Å². The molecule has 0 atom stereocenters. The molecule has 0 fully saturated rings. The van der Waals surface area contributed by atoms with Gasteiger partial charge in [-0.15, -0.1) is 0 Å². The van der Waals surface area contributed by atoms with Crippen LogP contribution in [0.15, 0.2) is 18.2 Å². The molecule has 0 aromatic heterocycles. The lowest BCUT2D eigenvalue weighted by molar-refractivity contribution is -0.385. The van der Waals surface area contributed by atoms with Crippen molar-refractivity contribution in [3.8, 4) is 0 Å². The number of hydrogen-bond acceptors (Lipinski definition) is 4. The zero-order chi connectivity index (χ0) is 16.0. The zero-order valence-corrected chi connectivity index (χ0v) is 10.7. The number of carboxylic acids is 1. The molecular formula is C12H12F3NO5. The molecule has 1 rings (SSSR count). The second-order valence-corrected chi connectivity index (χ2v) is 4.14. The van der Waals surface area contributed by atoms with E-state index in [1.54, 1.807) is 0 Å². The van der Waals surface area contributed by atoms with Crippen LogP contribution in [0.1, 0.15) is 28.8 Å². The highest BCUT2D eigenvalue weighted by Gasteiger charge is 2.26. The van der Waals surface area contributed by atoms with Crippen LogP contribution in [-0.4, -0.2) is 28.8 Å². The van der Waals surface area contributed by atoms with Gasteiger partial charge in [0.15, 0.2) is 0 Å². The van der Waals surface area contributed by atoms with Gasteiger partial charge < -0.3 is 9.84 Å². The van der Waals surface area contributed by atoms with Gasteiger partial charge in [-0.2, -0.15) is 13.2 Å². The van der Waals surface area contributed by atoms with E-state index in [4.69, 9.17) is 9.84 Å². The summed E-state index contributed by atoms with van der Waals surface area (Å²) in [7, 11) is 0. The van der Waals surface area contributed by atoms with E-state index in [1.165, 1.54) is 12.1 Å². The monoisotopic (exact) mass is 307 g/mol. The highest BCUT2D eigenvalue weighted by molar-refractivity contribution is 5.94. The average Bonchev–Trinajstić information content (AvgIpc) is 2.36. The first-order chi connectivity index (χ1) is 9.72. The molecule has 6 nitrogen and oxygen atoms in total. The van der Waals surface area contributed by atoms with Gasteiger partial charge >= 0.3 is 12.1 Å². The molecular weight excluding hydrogens is 295 g/mol. The maximum absolute atomic E-state index is 11.9. The standard InChI is InChI=1S/C12H12F3NO5/c13-12(14,15)5-2-6-21-7-8-3-1-4-9(16(19)20)10(8)11(17)18/h1,3-4H,2,5-7H2,(H,17,18). The maximum atomic E-state index is 11.9. The number of benzene rings is 1. The first-order valence-electron chi connectivity index (χ1n) is 5.86. The Labute approximate surface area is 117 Å². The van der Waals surface area contributed by atoms with Gasteiger partial charge in [-0.05, 0) is 12.0 Å². The van der Waals surface area contributed by atoms with E-state index < -0.39 is 34.7 Å². The van der Waals surface area contributed by atoms with Crippen LogP contribution in [0.3, 0.4) is 0 Å². The lowest BCUT2D eigenvalue weighted by atomic mass is 10.1. The van der Waals surface area contributed by atoms with Crippen molar-refractivity contribution in [2.45, 2.75) is 25.6 Å². The number of nitro benzene ring substituents is 1. The first-order valence-corrected chi connectivity index (χ1v) is 5.86. The summed E-state index contributed by atoms with van der Waals surface area (Å²) in [4.78, 5) is 21.0. The van der Waals surface area contributed by atoms with Crippen molar-refractivity contribution in [2.24, 2.45) is 0 Å². The summed E-state index contributed by atoms with van der Waals surface area (Å²) >= 11 is 0. The van der Waals surface area contributed by atoms with Crippen LogP contribution >= 0.6 is 0 Å². The van der Waals surface area contributed by atoms with E-state index in [0.717, 1.165) is 6.07 Å². The molecule has 1 aromatic rings. The second-order valence-electron chi connectivity index (χ2n) is 4.14. The number of nitrogens with zero attached hydrogens (tertiary/aromatic N) is 1. The third-order valence-electron chi connectivity index (χ3n) is 2.55. The molecule has 0 amide bonds. The van der Waals surface area contributed by atoms with Crippen LogP contribution in [0.25, 0.3) is 0 Å². The Morgan fingerprint density at radius 1 is 1.38 bits per heavy atom. The number of alkyl halides is 3. The van der Waals surface area contributed by atoms with Gasteiger partial charge in [-0.25, -0.2) is 4.79 Å². The number of nitro groups is 1. The highest BCUT2D eigenvalue weighted by Crippen LogP contribution is 2.24. The number of aromatic carboxylic acids is 1. The molecule has 0 heterocycles. The number of carbonyl (C=O) groups is 1. The Morgan fingerprint density at radius 2 is 2.05 bits per heavy atom. The molecule has 21 heavy (non-hydrogen) atoms. The van der Waals surface area contributed by atoms with E-state index in [-0.39, 0.29) is 25.2 Å². The molecule has 116 valence electrons. The summed E-state index contributed by atoms with van der Waals surface area (Å²) in [6.45, 7) is -0.525. The average molecular weight is 307 g/mol. The fraction of sp³-hybridized carbons (Fsp3) is 0.417. The van der Waals surface area contributed by atoms with Gasteiger partial charge in [0.1, 0.15) is 5.56 Å². The molecule has 0 saturated carbocycles. The quantitative estimate of drug-likeness (QED) is 0.475. The lowest BCUT2D eigenvalue weighted by Crippen LogP contribution is -2.10. The van der Waals surface area contributed by atoms with Gasteiger partial charge in [-0.1, -0.05) is 12.1 Å². The minimum atomic E-state index is -4.28. The SMILES string of the molecule is O=C(O)c1c(COCCCC(F)(F)F)cccc1[N+](=O)[O-]. The van der Waals surface area contributed by atoms with Crippen LogP contribution < -0.4 is 0 Å². The molecule has 0 saturated heterocycles. The van der Waals surface area contributed by atoms with Crippen molar-refractivity contribution in [2.75, 3.05) is 6.61 Å². The predicted octanol–water partition coefficient (Wildman–Crippen LogP) is 3.15. The molecule has 1 N–H and O–H groups in total. The Hall–Kier alpha value is -2.16. The van der Waals surface area contributed by atoms with Crippen molar-refractivity contribution < 1.29 is 32.7 Å². The number of hydrogen-bond donors (Lipinski definition) is 1. The van der Waals surface area contributed by atoms with E-state index in [1.807, 2.05) is 0 Å². The molecule has 0 aliphatic rings. The molecule has 0 aliphatic heterocycles. The van der Waals surface area contributed by atoms with Crippen LogP contribution in [0.5, 0.6) is 0 Å². The summed E-state index contributed by atoms with van der Waals surface area (Å²) < 4.78 is 40.7. The summed E-state index contributed by atoms with van der Waals surface area (Å²) in [5, 5.41) is 19.7. The molecule has 0 unspecified atom stereocenters. The minimum Gasteiger partial charge on any atom is -0.477 e. The van der Waals surface area contributed by atoms with E-state index in [0.29, 0.717) is 0 Å². The van der Waals surface area contributed by atoms with Gasteiger partial charge in [0, 0.05) is 19.1 Å². The van der Waals surface area contributed by atoms with Crippen molar-refractivity contribution in [3.05, 3.63) is 39.4 Å². The zero-order valence-electron chi connectivity index (χ0n) is 10.7. The van der Waals surface area contributed by atoms with E-state index in [9.17, 15) is 28.1 Å². The van der Waals surface area contributed by atoms with Crippen LogP contribution in [0.4, 0.5) is 18.9 Å². The predicted molar refractivity (Wildman–Crippen MR) is 65.0 cm³/mol. The van der Waals surface area contributed by atoms with Crippen LogP contribution in [0, 0.1) is 10.1 Å². The second kappa shape index (κ2) is 7.02. The number of carboxylic acid groups (broad SMARTS) is 1. The minimum absolute atomic E-state index is 0.0451. The van der Waals surface area contributed by atoms with E-state index in [2.05, 4.69) is 0 Å². The fourth-order valence-corrected chi connectivity index (χ4v) is 1.66. The van der Waals surface area contributed by atoms with Gasteiger partial charge in [0.2, 0.25) is 0 Å². The molecule has 1 aromatic carbocycles. The third-order valence-corrected chi connectivity index (χ3v) is 2.55. The first kappa shape index (κ1) is 16.9. The van der Waals surface area contributed by atoms with Gasteiger partial charge in [-0.3, -0.25) is 10.1 Å². The summed E-state index contributed by atoms with van der Waals surface area (Å²) in [6.07, 6.45) is -5.55. The van der Waals surface area contributed by atoms with Crippen molar-refractivity contribution in [3.63, 3.8) is 0 Å². The fourth-order valence-electron chi connectivity index (χ4n) is 1.66. The smallest absolute Gasteiger partial charge is 0.389 e. The Morgan fingerprint density at radius 3 is 2.57 bits per heavy atom. The van der Waals surface area contributed by atoms with Gasteiger partial charge in [0.25, 0.3) is 5.69 Å². The molecule has 0 radical (unpaired) electrons. The Bertz CT molecular complexity index is 530. The third kappa shape index (κ3) is 5.38. The largest absolute Gasteiger partial charge is 0.477 e. The van der Waals surface area contributed by atoms with Crippen LogP contribution in [0.2, 0.25) is 0 Å². The molecule has 0 spiro atoms. The normalized spacial score (nSPS) is 11.4.